The van der Waals surface area contributed by atoms with Crippen LogP contribution in [-0.4, -0.2) is 50.5 Å². The second kappa shape index (κ2) is 14.5. The summed E-state index contributed by atoms with van der Waals surface area (Å²) in [6, 6.07) is 22.4. The molecule has 3 aromatic carbocycles. The molecule has 2 amide bonds. The monoisotopic (exact) mass is 633 g/mol. The van der Waals surface area contributed by atoms with Gasteiger partial charge in [-0.15, -0.1) is 0 Å². The third-order valence-corrected chi connectivity index (χ3v) is 8.05. The summed E-state index contributed by atoms with van der Waals surface area (Å²) in [6.07, 6.45) is 3.03. The van der Waals surface area contributed by atoms with Crippen molar-refractivity contribution >= 4 is 55.1 Å². The van der Waals surface area contributed by atoms with Crippen molar-refractivity contribution in [3.05, 3.63) is 99.5 Å². The maximum atomic E-state index is 14.0. The topological polar surface area (TPSA) is 86.8 Å². The molecule has 0 aliphatic carbocycles. The van der Waals surface area contributed by atoms with E-state index >= 15 is 0 Å². The van der Waals surface area contributed by atoms with Gasteiger partial charge in [0.15, 0.2) is 0 Å². The zero-order valence-corrected chi connectivity index (χ0v) is 25.2. The number of hydrogen-bond donors (Lipinski definition) is 1. The Kier molecular flexibility index (Phi) is 11.4. The van der Waals surface area contributed by atoms with Gasteiger partial charge < -0.3 is 10.2 Å². The van der Waals surface area contributed by atoms with Crippen molar-refractivity contribution in [3.63, 3.8) is 0 Å². The van der Waals surface area contributed by atoms with Crippen LogP contribution in [0.5, 0.6) is 0 Å². The predicted molar refractivity (Wildman–Crippen MR) is 160 cm³/mol. The molecule has 0 heterocycles. The zero-order chi connectivity index (χ0) is 28.4. The van der Waals surface area contributed by atoms with Gasteiger partial charge in [0.1, 0.15) is 12.6 Å². The molecule has 3 aromatic rings. The first-order valence-corrected chi connectivity index (χ1v) is 15.7. The lowest BCUT2D eigenvalue weighted by molar-refractivity contribution is -0.140. The summed E-state index contributed by atoms with van der Waals surface area (Å²) in [5.74, 6) is -0.790. The predicted octanol–water partition coefficient (Wildman–Crippen LogP) is 5.42. The van der Waals surface area contributed by atoms with Gasteiger partial charge in [-0.1, -0.05) is 89.4 Å². The first-order chi connectivity index (χ1) is 18.6. The molecular formula is C29H33BrClN3O4S. The minimum Gasteiger partial charge on any atom is -0.354 e. The number of amides is 2. The molecule has 0 aromatic heterocycles. The standard InChI is InChI=1S/C29H33BrClN3O4S/c1-3-4-17-32-29(36)27(18-22-9-6-5-7-10-22)33(20-23-13-15-24(30)16-14-23)28(35)21-34(39(2,37)38)26-12-8-11-25(31)19-26/h5-16,19,27H,3-4,17-18,20-21H2,1-2H3,(H,32,36)/t27-/m1/s1. The summed E-state index contributed by atoms with van der Waals surface area (Å²) in [7, 11) is -3.84. The van der Waals surface area contributed by atoms with E-state index in [1.54, 1.807) is 18.2 Å². The Morgan fingerprint density at radius 2 is 1.67 bits per heavy atom. The van der Waals surface area contributed by atoms with E-state index in [0.29, 0.717) is 11.6 Å². The van der Waals surface area contributed by atoms with Gasteiger partial charge in [0.25, 0.3) is 0 Å². The number of anilines is 1. The molecule has 0 fully saturated rings. The van der Waals surface area contributed by atoms with Crippen LogP contribution in [0.1, 0.15) is 30.9 Å². The van der Waals surface area contributed by atoms with Crippen molar-refractivity contribution in [2.75, 3.05) is 23.7 Å². The van der Waals surface area contributed by atoms with Crippen molar-refractivity contribution in [2.24, 2.45) is 0 Å². The van der Waals surface area contributed by atoms with Gasteiger partial charge in [0, 0.05) is 29.0 Å². The average Bonchev–Trinajstić information content (AvgIpc) is 2.90. The van der Waals surface area contributed by atoms with Crippen molar-refractivity contribution in [1.82, 2.24) is 10.2 Å². The van der Waals surface area contributed by atoms with Crippen molar-refractivity contribution in [1.29, 1.82) is 0 Å². The van der Waals surface area contributed by atoms with E-state index in [4.69, 9.17) is 11.6 Å². The second-order valence-corrected chi connectivity index (χ2v) is 12.5. The molecule has 0 saturated heterocycles. The maximum absolute atomic E-state index is 14.0. The van der Waals surface area contributed by atoms with Crippen LogP contribution >= 0.6 is 27.5 Å². The molecule has 7 nitrogen and oxygen atoms in total. The maximum Gasteiger partial charge on any atom is 0.244 e. The molecule has 0 bridgehead atoms. The second-order valence-electron chi connectivity index (χ2n) is 9.25. The van der Waals surface area contributed by atoms with E-state index in [0.717, 1.165) is 39.0 Å². The van der Waals surface area contributed by atoms with Crippen LogP contribution in [0.2, 0.25) is 5.02 Å². The van der Waals surface area contributed by atoms with Gasteiger partial charge in [0.2, 0.25) is 21.8 Å². The number of rotatable bonds is 13. The van der Waals surface area contributed by atoms with Crippen LogP contribution in [0.15, 0.2) is 83.3 Å². The lowest BCUT2D eigenvalue weighted by atomic mass is 10.0. The number of halogens is 2. The van der Waals surface area contributed by atoms with Gasteiger partial charge >= 0.3 is 0 Å². The van der Waals surface area contributed by atoms with E-state index in [9.17, 15) is 18.0 Å². The van der Waals surface area contributed by atoms with E-state index in [1.165, 1.54) is 11.0 Å². The average molecular weight is 635 g/mol. The van der Waals surface area contributed by atoms with Crippen LogP contribution in [0.4, 0.5) is 5.69 Å². The Labute approximate surface area is 244 Å². The molecule has 10 heteroatoms. The van der Waals surface area contributed by atoms with Gasteiger partial charge in [-0.3, -0.25) is 13.9 Å². The third kappa shape index (κ3) is 9.37. The third-order valence-electron chi connectivity index (χ3n) is 6.14. The Bertz CT molecular complexity index is 1350. The number of benzene rings is 3. The number of sulfonamides is 1. The summed E-state index contributed by atoms with van der Waals surface area (Å²) in [4.78, 5) is 29.0. The fourth-order valence-electron chi connectivity index (χ4n) is 4.09. The Hall–Kier alpha value is -2.88. The summed E-state index contributed by atoms with van der Waals surface area (Å²) in [5.41, 5.74) is 1.96. The molecular weight excluding hydrogens is 602 g/mol. The number of carbonyl (C=O) groups is 2. The highest BCUT2D eigenvalue weighted by Gasteiger charge is 2.33. The Morgan fingerprint density at radius 3 is 2.28 bits per heavy atom. The normalized spacial score (nSPS) is 12.0. The highest BCUT2D eigenvalue weighted by atomic mass is 79.9. The first-order valence-electron chi connectivity index (χ1n) is 12.7. The smallest absolute Gasteiger partial charge is 0.244 e. The number of carbonyl (C=O) groups excluding carboxylic acids is 2. The summed E-state index contributed by atoms with van der Waals surface area (Å²) >= 11 is 9.56. The molecule has 0 radical (unpaired) electrons. The molecule has 1 N–H and O–H groups in total. The first kappa shape index (κ1) is 30.7. The van der Waals surface area contributed by atoms with E-state index in [2.05, 4.69) is 21.2 Å². The molecule has 0 spiro atoms. The van der Waals surface area contributed by atoms with E-state index in [1.807, 2.05) is 61.5 Å². The molecule has 0 unspecified atom stereocenters. The number of unbranched alkanes of at least 4 members (excludes halogenated alkanes) is 1. The number of nitrogens with zero attached hydrogens (tertiary/aromatic N) is 2. The lowest BCUT2D eigenvalue weighted by Crippen LogP contribution is -2.53. The Balaban J connectivity index is 2.02. The van der Waals surface area contributed by atoms with Gasteiger partial charge in [-0.25, -0.2) is 8.42 Å². The molecule has 0 aliphatic rings. The van der Waals surface area contributed by atoms with Gasteiger partial charge in [-0.05, 0) is 47.9 Å². The highest BCUT2D eigenvalue weighted by molar-refractivity contribution is 9.10. The quantitative estimate of drug-likeness (QED) is 0.254. The highest BCUT2D eigenvalue weighted by Crippen LogP contribution is 2.23. The van der Waals surface area contributed by atoms with Crippen molar-refractivity contribution in [2.45, 2.75) is 38.8 Å². The molecule has 0 aliphatic heterocycles. The fourth-order valence-corrected chi connectivity index (χ4v) is 5.38. The minimum atomic E-state index is -3.84. The van der Waals surface area contributed by atoms with Crippen LogP contribution in [0.25, 0.3) is 0 Å². The number of nitrogens with one attached hydrogen (secondary N) is 1. The van der Waals surface area contributed by atoms with Crippen LogP contribution in [0.3, 0.4) is 0 Å². The van der Waals surface area contributed by atoms with Gasteiger partial charge in [-0.2, -0.15) is 0 Å². The SMILES string of the molecule is CCCCNC(=O)[C@@H](Cc1ccccc1)N(Cc1ccc(Br)cc1)C(=O)CN(c1cccc(Cl)c1)S(C)(=O)=O. The molecule has 1 atom stereocenters. The fraction of sp³-hybridized carbons (Fsp3) is 0.310. The summed E-state index contributed by atoms with van der Waals surface area (Å²) < 4.78 is 27.5. The lowest BCUT2D eigenvalue weighted by Gasteiger charge is -2.33. The van der Waals surface area contributed by atoms with Crippen molar-refractivity contribution < 1.29 is 18.0 Å². The van der Waals surface area contributed by atoms with Crippen molar-refractivity contribution in [3.8, 4) is 0 Å². The Morgan fingerprint density at radius 1 is 0.974 bits per heavy atom. The molecule has 3 rings (SSSR count). The minimum absolute atomic E-state index is 0.123. The summed E-state index contributed by atoms with van der Waals surface area (Å²) in [5, 5.41) is 3.31. The zero-order valence-electron chi connectivity index (χ0n) is 22.0. The summed E-state index contributed by atoms with van der Waals surface area (Å²) in [6.45, 7) is 2.16. The van der Waals surface area contributed by atoms with Crippen LogP contribution < -0.4 is 9.62 Å². The van der Waals surface area contributed by atoms with Crippen LogP contribution in [0, 0.1) is 0 Å². The van der Waals surface area contributed by atoms with E-state index < -0.39 is 28.5 Å². The molecule has 208 valence electrons. The molecule has 0 saturated carbocycles. The largest absolute Gasteiger partial charge is 0.354 e. The molecule has 39 heavy (non-hydrogen) atoms. The van der Waals surface area contributed by atoms with Gasteiger partial charge in [0.05, 0.1) is 11.9 Å². The van der Waals surface area contributed by atoms with E-state index in [-0.39, 0.29) is 24.6 Å². The van der Waals surface area contributed by atoms with Crippen LogP contribution in [-0.2, 0) is 32.6 Å². The number of hydrogen-bond acceptors (Lipinski definition) is 4.